The number of hydrogen-bond acceptors (Lipinski definition) is 2. The summed E-state index contributed by atoms with van der Waals surface area (Å²) in [5, 5.41) is 0. The highest BCUT2D eigenvalue weighted by atomic mass is 16.6. The lowest BCUT2D eigenvalue weighted by Gasteiger charge is -2.53. The molecule has 1 heterocycles. The molecule has 0 aromatic heterocycles. The van der Waals surface area contributed by atoms with Gasteiger partial charge in [-0.15, -0.1) is 0 Å². The van der Waals surface area contributed by atoms with Crippen molar-refractivity contribution in [3.63, 3.8) is 0 Å². The molecular weight excluding hydrogens is 262 g/mol. The number of ether oxygens (including phenoxy) is 1. The first-order valence-electron chi connectivity index (χ1n) is 8.78. The summed E-state index contributed by atoms with van der Waals surface area (Å²) in [5.74, 6) is 0.871. The van der Waals surface area contributed by atoms with Gasteiger partial charge in [0.1, 0.15) is 5.60 Å². The van der Waals surface area contributed by atoms with E-state index in [-0.39, 0.29) is 11.7 Å². The molecule has 1 saturated carbocycles. The van der Waals surface area contributed by atoms with Gasteiger partial charge in [0.2, 0.25) is 0 Å². The lowest BCUT2D eigenvalue weighted by Crippen LogP contribution is -2.60. The molecule has 1 aliphatic heterocycles. The third-order valence-electron chi connectivity index (χ3n) is 4.04. The monoisotopic (exact) mass is 299 g/mol. The fourth-order valence-electron chi connectivity index (χ4n) is 2.91. The highest BCUT2D eigenvalue weighted by molar-refractivity contribution is 5.69. The molecule has 2 aliphatic rings. The first-order valence-corrected chi connectivity index (χ1v) is 8.78. The average Bonchev–Trinajstić information content (AvgIpc) is 2.40. The highest BCUT2D eigenvalue weighted by Gasteiger charge is 2.47. The maximum Gasteiger partial charge on any atom is 0.410 e. The van der Waals surface area contributed by atoms with E-state index in [0.717, 1.165) is 19.0 Å². The Morgan fingerprint density at radius 1 is 1.05 bits per heavy atom. The average molecular weight is 299 g/mol. The minimum atomic E-state index is -0.374. The van der Waals surface area contributed by atoms with E-state index in [1.807, 2.05) is 53.4 Å². The van der Waals surface area contributed by atoms with Crippen molar-refractivity contribution in [2.45, 2.75) is 86.7 Å². The van der Waals surface area contributed by atoms with Gasteiger partial charge in [0.25, 0.3) is 0 Å². The van der Waals surface area contributed by atoms with Gasteiger partial charge in [0, 0.05) is 18.5 Å². The Hall–Kier alpha value is -0.730. The van der Waals surface area contributed by atoms with E-state index >= 15 is 0 Å². The van der Waals surface area contributed by atoms with Crippen molar-refractivity contribution in [1.29, 1.82) is 0 Å². The molecule has 1 saturated heterocycles. The van der Waals surface area contributed by atoms with E-state index in [1.165, 1.54) is 25.7 Å². The Labute approximate surface area is 132 Å². The molecule has 2 fully saturated rings. The second-order valence-electron chi connectivity index (χ2n) is 7.02. The van der Waals surface area contributed by atoms with Gasteiger partial charge in [-0.1, -0.05) is 47.5 Å². The summed E-state index contributed by atoms with van der Waals surface area (Å²) in [4.78, 5) is 13.7. The van der Waals surface area contributed by atoms with Crippen LogP contribution in [-0.4, -0.2) is 29.7 Å². The van der Waals surface area contributed by atoms with Crippen LogP contribution in [0.3, 0.4) is 0 Å². The van der Waals surface area contributed by atoms with Crippen LogP contribution in [0.4, 0.5) is 4.79 Å². The number of rotatable bonds is 0. The largest absolute Gasteiger partial charge is 0.444 e. The van der Waals surface area contributed by atoms with Crippen LogP contribution in [0, 0.1) is 11.3 Å². The van der Waals surface area contributed by atoms with Crippen LogP contribution in [0.1, 0.15) is 81.1 Å². The predicted molar refractivity (Wildman–Crippen MR) is 90.6 cm³/mol. The lowest BCUT2D eigenvalue weighted by atomic mass is 9.66. The van der Waals surface area contributed by atoms with Crippen molar-refractivity contribution in [2.24, 2.45) is 11.3 Å². The summed E-state index contributed by atoms with van der Waals surface area (Å²) in [6.45, 7) is 17.9. The van der Waals surface area contributed by atoms with Crippen molar-refractivity contribution in [3.8, 4) is 0 Å². The minimum Gasteiger partial charge on any atom is -0.444 e. The van der Waals surface area contributed by atoms with E-state index in [2.05, 4.69) is 6.92 Å². The molecule has 1 spiro atoms. The number of likely N-dealkylation sites (tertiary alicyclic amines) is 1. The maximum absolute atomic E-state index is 11.8. The number of hydrogen-bond donors (Lipinski definition) is 0. The van der Waals surface area contributed by atoms with Crippen LogP contribution in [-0.2, 0) is 4.74 Å². The van der Waals surface area contributed by atoms with Gasteiger partial charge in [0.15, 0.2) is 0 Å². The SMILES string of the molecule is CC.CC.CC1CCC2(CC1)CN(C(=O)OC(C)(C)C)C2. The fourth-order valence-corrected chi connectivity index (χ4v) is 2.91. The second-order valence-corrected chi connectivity index (χ2v) is 7.02. The molecule has 3 nitrogen and oxygen atoms in total. The molecule has 126 valence electrons. The molecule has 0 N–H and O–H groups in total. The molecule has 1 amide bonds. The van der Waals surface area contributed by atoms with Gasteiger partial charge in [-0.05, 0) is 39.5 Å². The summed E-state index contributed by atoms with van der Waals surface area (Å²) in [7, 11) is 0. The molecular formula is C18H37NO2. The van der Waals surface area contributed by atoms with Gasteiger partial charge in [-0.3, -0.25) is 0 Å². The summed E-state index contributed by atoms with van der Waals surface area (Å²) < 4.78 is 5.38. The van der Waals surface area contributed by atoms with Crippen LogP contribution in [0.15, 0.2) is 0 Å². The second kappa shape index (κ2) is 8.65. The zero-order valence-electron chi connectivity index (χ0n) is 15.6. The minimum absolute atomic E-state index is 0.137. The van der Waals surface area contributed by atoms with Gasteiger partial charge in [-0.25, -0.2) is 4.79 Å². The number of nitrogens with zero attached hydrogens (tertiary/aromatic N) is 1. The maximum atomic E-state index is 11.8. The van der Waals surface area contributed by atoms with Crippen LogP contribution < -0.4 is 0 Å². The molecule has 1 aliphatic carbocycles. The zero-order chi connectivity index (χ0) is 16.7. The molecule has 0 aromatic carbocycles. The molecule has 0 bridgehead atoms. The topological polar surface area (TPSA) is 29.5 Å². The van der Waals surface area contributed by atoms with Gasteiger partial charge in [0.05, 0.1) is 0 Å². The van der Waals surface area contributed by atoms with Crippen molar-refractivity contribution >= 4 is 6.09 Å². The van der Waals surface area contributed by atoms with E-state index in [4.69, 9.17) is 4.74 Å². The summed E-state index contributed by atoms with van der Waals surface area (Å²) in [5.41, 5.74) is 0.0599. The summed E-state index contributed by atoms with van der Waals surface area (Å²) in [6, 6.07) is 0. The van der Waals surface area contributed by atoms with Crippen LogP contribution in [0.5, 0.6) is 0 Å². The van der Waals surface area contributed by atoms with E-state index in [9.17, 15) is 4.79 Å². The van der Waals surface area contributed by atoms with Gasteiger partial charge < -0.3 is 9.64 Å². The van der Waals surface area contributed by atoms with Gasteiger partial charge in [-0.2, -0.15) is 0 Å². The number of carbonyl (C=O) groups excluding carboxylic acids is 1. The van der Waals surface area contributed by atoms with Crippen molar-refractivity contribution < 1.29 is 9.53 Å². The van der Waals surface area contributed by atoms with E-state index < -0.39 is 0 Å². The normalized spacial score (nSPS) is 20.5. The molecule has 2 rings (SSSR count). The molecule has 0 atom stereocenters. The quantitative estimate of drug-likeness (QED) is 0.592. The Bertz CT molecular complexity index is 291. The fraction of sp³-hybridized carbons (Fsp3) is 0.944. The number of amides is 1. The van der Waals surface area contributed by atoms with Crippen molar-refractivity contribution in [2.75, 3.05) is 13.1 Å². The third-order valence-corrected chi connectivity index (χ3v) is 4.04. The summed E-state index contributed by atoms with van der Waals surface area (Å²) in [6.07, 6.45) is 5.08. The summed E-state index contributed by atoms with van der Waals surface area (Å²) >= 11 is 0. The first-order chi connectivity index (χ1) is 9.80. The van der Waals surface area contributed by atoms with Crippen molar-refractivity contribution in [3.05, 3.63) is 0 Å². The smallest absolute Gasteiger partial charge is 0.410 e. The first kappa shape index (κ1) is 20.3. The van der Waals surface area contributed by atoms with Crippen LogP contribution in [0.25, 0.3) is 0 Å². The Kier molecular flexibility index (Phi) is 8.35. The van der Waals surface area contributed by atoms with Crippen LogP contribution in [0.2, 0.25) is 0 Å². The molecule has 0 aromatic rings. The van der Waals surface area contributed by atoms with Crippen LogP contribution >= 0.6 is 0 Å². The lowest BCUT2D eigenvalue weighted by molar-refractivity contribution is -0.0533. The molecule has 3 heteroatoms. The van der Waals surface area contributed by atoms with Gasteiger partial charge >= 0.3 is 6.09 Å². The predicted octanol–water partition coefficient (Wildman–Crippen LogP) is 5.49. The van der Waals surface area contributed by atoms with Crippen molar-refractivity contribution in [1.82, 2.24) is 4.90 Å². The van der Waals surface area contributed by atoms with E-state index in [0.29, 0.717) is 5.41 Å². The molecule has 21 heavy (non-hydrogen) atoms. The molecule has 0 radical (unpaired) electrons. The molecule has 0 unspecified atom stereocenters. The standard InChI is InChI=1S/C14H25NO2.2C2H6/c1-11-5-7-14(8-6-11)9-15(10-14)12(16)17-13(2,3)4;2*1-2/h11H,5-10H2,1-4H3;2*1-2H3. The Morgan fingerprint density at radius 2 is 1.48 bits per heavy atom. The Morgan fingerprint density at radius 3 is 1.86 bits per heavy atom. The zero-order valence-corrected chi connectivity index (χ0v) is 15.6. The van der Waals surface area contributed by atoms with E-state index in [1.54, 1.807) is 0 Å². The highest BCUT2D eigenvalue weighted by Crippen LogP contribution is 2.45. The third kappa shape index (κ3) is 6.27. The number of carbonyl (C=O) groups is 1. The Balaban J connectivity index is 0.000000921.